The first-order valence-electron chi connectivity index (χ1n) is 8.75. The van der Waals surface area contributed by atoms with E-state index in [9.17, 15) is 18.0 Å². The molecule has 4 nitrogen and oxygen atoms in total. The monoisotopic (exact) mass is 414 g/mol. The lowest BCUT2D eigenvalue weighted by Gasteiger charge is -2.17. The van der Waals surface area contributed by atoms with Crippen LogP contribution in [0.1, 0.15) is 23.5 Å². The van der Waals surface area contributed by atoms with Gasteiger partial charge < -0.3 is 15.4 Å². The Bertz CT molecular complexity index is 787. The van der Waals surface area contributed by atoms with Gasteiger partial charge in [0.05, 0.1) is 0 Å². The highest BCUT2D eigenvalue weighted by atomic mass is 35.5. The van der Waals surface area contributed by atoms with Crippen LogP contribution in [0.4, 0.5) is 13.2 Å². The molecule has 1 saturated heterocycles. The molecular formula is C20H22ClF3N2O2. The SMILES string of the molecule is Cl.N[C@@H]1CN(C(=O)CCc2ccccc2OC(F)(F)F)C[C@H]1c1ccccc1. The summed E-state index contributed by atoms with van der Waals surface area (Å²) in [5.74, 6) is -0.320. The van der Waals surface area contributed by atoms with Gasteiger partial charge >= 0.3 is 6.36 Å². The van der Waals surface area contributed by atoms with E-state index in [4.69, 9.17) is 5.73 Å². The summed E-state index contributed by atoms with van der Waals surface area (Å²) in [5.41, 5.74) is 7.64. The third-order valence-electron chi connectivity index (χ3n) is 4.75. The third-order valence-corrected chi connectivity index (χ3v) is 4.75. The summed E-state index contributed by atoms with van der Waals surface area (Å²) in [6, 6.07) is 15.5. The van der Waals surface area contributed by atoms with Gasteiger partial charge in [-0.15, -0.1) is 25.6 Å². The summed E-state index contributed by atoms with van der Waals surface area (Å²) in [6.45, 7) is 0.962. The number of nitrogens with zero attached hydrogens (tertiary/aromatic N) is 1. The number of aryl methyl sites for hydroxylation is 1. The van der Waals surface area contributed by atoms with Gasteiger partial charge in [-0.2, -0.15) is 0 Å². The van der Waals surface area contributed by atoms with Crippen molar-refractivity contribution in [2.24, 2.45) is 5.73 Å². The van der Waals surface area contributed by atoms with Crippen molar-refractivity contribution in [3.8, 4) is 5.75 Å². The van der Waals surface area contributed by atoms with Crippen LogP contribution in [0, 0.1) is 0 Å². The highest BCUT2D eigenvalue weighted by molar-refractivity contribution is 5.85. The number of hydrogen-bond acceptors (Lipinski definition) is 3. The van der Waals surface area contributed by atoms with Crippen LogP contribution in [0.2, 0.25) is 0 Å². The summed E-state index contributed by atoms with van der Waals surface area (Å²) in [4.78, 5) is 14.2. The Morgan fingerprint density at radius 3 is 2.39 bits per heavy atom. The van der Waals surface area contributed by atoms with E-state index in [1.807, 2.05) is 30.3 Å². The van der Waals surface area contributed by atoms with Crippen molar-refractivity contribution in [2.45, 2.75) is 31.2 Å². The predicted molar refractivity (Wildman–Crippen MR) is 102 cm³/mol. The molecule has 2 atom stereocenters. The largest absolute Gasteiger partial charge is 0.573 e. The lowest BCUT2D eigenvalue weighted by molar-refractivity contribution is -0.274. The van der Waals surface area contributed by atoms with Gasteiger partial charge in [-0.1, -0.05) is 48.5 Å². The van der Waals surface area contributed by atoms with E-state index in [0.29, 0.717) is 18.7 Å². The van der Waals surface area contributed by atoms with Crippen molar-refractivity contribution in [2.75, 3.05) is 13.1 Å². The molecule has 1 aliphatic rings. The van der Waals surface area contributed by atoms with Gasteiger partial charge in [0.2, 0.25) is 5.91 Å². The quantitative estimate of drug-likeness (QED) is 0.807. The fourth-order valence-corrected chi connectivity index (χ4v) is 3.42. The highest BCUT2D eigenvalue weighted by Gasteiger charge is 2.34. The number of halogens is 4. The molecule has 0 radical (unpaired) electrons. The lowest BCUT2D eigenvalue weighted by Crippen LogP contribution is -2.32. The second-order valence-electron chi connectivity index (χ2n) is 6.64. The second kappa shape index (κ2) is 9.30. The summed E-state index contributed by atoms with van der Waals surface area (Å²) in [7, 11) is 0. The van der Waals surface area contributed by atoms with Gasteiger partial charge in [0.1, 0.15) is 5.75 Å². The standard InChI is InChI=1S/C20H21F3N2O2.ClH/c21-20(22,23)27-18-9-5-4-8-15(18)10-11-19(26)25-12-16(17(24)13-25)14-6-2-1-3-7-14;/h1-9,16-17H,10-13,24H2;1H/t16-,17+;/m0./s1. The van der Waals surface area contributed by atoms with Crippen molar-refractivity contribution >= 4 is 18.3 Å². The van der Waals surface area contributed by atoms with Crippen LogP contribution in [0.15, 0.2) is 54.6 Å². The molecule has 0 aromatic heterocycles. The van der Waals surface area contributed by atoms with Crippen molar-refractivity contribution < 1.29 is 22.7 Å². The Labute approximate surface area is 167 Å². The van der Waals surface area contributed by atoms with E-state index >= 15 is 0 Å². The minimum Gasteiger partial charge on any atom is -0.406 e. The van der Waals surface area contributed by atoms with Crippen molar-refractivity contribution in [1.29, 1.82) is 0 Å². The van der Waals surface area contributed by atoms with Gasteiger partial charge in [-0.05, 0) is 23.6 Å². The maximum absolute atomic E-state index is 12.5. The van der Waals surface area contributed by atoms with E-state index in [0.717, 1.165) is 5.56 Å². The predicted octanol–water partition coefficient (Wildman–Crippen LogP) is 3.89. The average Bonchev–Trinajstić information content (AvgIpc) is 3.02. The molecule has 3 rings (SSSR count). The molecule has 1 aliphatic heterocycles. The Balaban J connectivity index is 0.00000280. The smallest absolute Gasteiger partial charge is 0.406 e. The molecule has 0 bridgehead atoms. The number of rotatable bonds is 5. The first-order chi connectivity index (χ1) is 12.8. The normalized spacial score (nSPS) is 19.2. The number of alkyl halides is 3. The van der Waals surface area contributed by atoms with E-state index in [1.54, 1.807) is 11.0 Å². The van der Waals surface area contributed by atoms with Crippen LogP contribution in [-0.4, -0.2) is 36.3 Å². The average molecular weight is 415 g/mol. The molecule has 0 saturated carbocycles. The first-order valence-corrected chi connectivity index (χ1v) is 8.75. The zero-order chi connectivity index (χ0) is 19.4. The van der Waals surface area contributed by atoms with Crippen LogP contribution < -0.4 is 10.5 Å². The second-order valence-corrected chi connectivity index (χ2v) is 6.64. The Kier molecular flexibility index (Phi) is 7.32. The number of ether oxygens (including phenoxy) is 1. The Morgan fingerprint density at radius 1 is 1.07 bits per heavy atom. The number of nitrogens with two attached hydrogens (primary N) is 1. The van der Waals surface area contributed by atoms with Gasteiger partial charge in [0.25, 0.3) is 0 Å². The highest BCUT2D eigenvalue weighted by Crippen LogP contribution is 2.29. The van der Waals surface area contributed by atoms with Crippen molar-refractivity contribution in [3.63, 3.8) is 0 Å². The fourth-order valence-electron chi connectivity index (χ4n) is 3.42. The number of hydrogen-bond donors (Lipinski definition) is 1. The van der Waals surface area contributed by atoms with Crippen LogP contribution >= 0.6 is 12.4 Å². The van der Waals surface area contributed by atoms with Crippen molar-refractivity contribution in [1.82, 2.24) is 4.90 Å². The van der Waals surface area contributed by atoms with Gasteiger partial charge in [0.15, 0.2) is 0 Å². The van der Waals surface area contributed by atoms with Crippen molar-refractivity contribution in [3.05, 3.63) is 65.7 Å². The maximum Gasteiger partial charge on any atom is 0.573 e. The summed E-state index contributed by atoms with van der Waals surface area (Å²) in [6.07, 6.45) is -4.48. The molecule has 1 heterocycles. The van der Waals surface area contributed by atoms with E-state index < -0.39 is 6.36 Å². The number of carbonyl (C=O) groups is 1. The molecule has 0 spiro atoms. The molecule has 1 fully saturated rings. The molecule has 0 aliphatic carbocycles. The molecule has 0 unspecified atom stereocenters. The van der Waals surface area contributed by atoms with Gasteiger partial charge in [-0.25, -0.2) is 0 Å². The van der Waals surface area contributed by atoms with E-state index in [1.165, 1.54) is 18.2 Å². The molecule has 8 heteroatoms. The lowest BCUT2D eigenvalue weighted by atomic mass is 9.95. The third kappa shape index (κ3) is 5.62. The number of likely N-dealkylation sites (tertiary alicyclic amines) is 1. The molecular weight excluding hydrogens is 393 g/mol. The number of para-hydroxylation sites is 1. The van der Waals surface area contributed by atoms with Gasteiger partial charge in [0, 0.05) is 31.5 Å². The molecule has 28 heavy (non-hydrogen) atoms. The Morgan fingerprint density at radius 2 is 1.71 bits per heavy atom. The molecule has 152 valence electrons. The minimum absolute atomic E-state index is 0. The van der Waals surface area contributed by atoms with Crippen LogP contribution in [-0.2, 0) is 11.2 Å². The molecule has 2 N–H and O–H groups in total. The van der Waals surface area contributed by atoms with Gasteiger partial charge in [-0.3, -0.25) is 4.79 Å². The van der Waals surface area contributed by atoms with E-state index in [-0.39, 0.29) is 48.9 Å². The van der Waals surface area contributed by atoms with Crippen LogP contribution in [0.3, 0.4) is 0 Å². The van der Waals surface area contributed by atoms with Crippen LogP contribution in [0.25, 0.3) is 0 Å². The number of amides is 1. The zero-order valence-corrected chi connectivity index (χ0v) is 15.9. The number of carbonyl (C=O) groups excluding carboxylic acids is 1. The topological polar surface area (TPSA) is 55.6 Å². The summed E-state index contributed by atoms with van der Waals surface area (Å²) in [5, 5.41) is 0. The summed E-state index contributed by atoms with van der Waals surface area (Å²) < 4.78 is 41.5. The fraction of sp³-hybridized carbons (Fsp3) is 0.350. The van der Waals surface area contributed by atoms with Crippen LogP contribution in [0.5, 0.6) is 5.75 Å². The molecule has 2 aromatic carbocycles. The summed E-state index contributed by atoms with van der Waals surface area (Å²) >= 11 is 0. The van der Waals surface area contributed by atoms with E-state index in [2.05, 4.69) is 4.74 Å². The minimum atomic E-state index is -4.76. The zero-order valence-electron chi connectivity index (χ0n) is 15.1. The maximum atomic E-state index is 12.5. The molecule has 1 amide bonds. The first kappa shape index (κ1) is 22.0. The Hall–Kier alpha value is -2.25. The number of benzene rings is 2. The molecule has 2 aromatic rings.